The van der Waals surface area contributed by atoms with Crippen LogP contribution in [0.2, 0.25) is 0 Å². The van der Waals surface area contributed by atoms with Gasteiger partial charge in [0.15, 0.2) is 11.0 Å². The monoisotopic (exact) mass is 383 g/mol. The molecule has 2 fully saturated rings. The summed E-state index contributed by atoms with van der Waals surface area (Å²) in [4.78, 5) is 15.9. The third-order valence-corrected chi connectivity index (χ3v) is 6.01. The molecule has 2 aliphatic rings. The van der Waals surface area contributed by atoms with E-state index in [1.165, 1.54) is 24.6 Å². The third kappa shape index (κ3) is 4.39. The molecule has 8 heteroatoms. The predicted molar refractivity (Wildman–Crippen MR) is 113 cm³/mol. The van der Waals surface area contributed by atoms with Gasteiger partial charge in [0.2, 0.25) is 0 Å². The van der Waals surface area contributed by atoms with Gasteiger partial charge in [0.05, 0.1) is 28.0 Å². The molecule has 0 unspecified atom stereocenters. The Kier molecular flexibility index (Phi) is 5.54. The van der Waals surface area contributed by atoms with Gasteiger partial charge >= 0.3 is 0 Å². The van der Waals surface area contributed by atoms with Gasteiger partial charge in [-0.15, -0.1) is 0 Å². The Morgan fingerprint density at radius 2 is 2.00 bits per heavy atom. The second-order valence-corrected chi connectivity index (χ2v) is 8.10. The van der Waals surface area contributed by atoms with Crippen LogP contribution >= 0.6 is 11.8 Å². The molecule has 7 nitrogen and oxygen atoms in total. The summed E-state index contributed by atoms with van der Waals surface area (Å²) in [6.07, 6.45) is 6.51. The SMILES string of the molecule is N=C(SC(N)=Nc1ccc2ncc(N3CCNCC3)cc2n1)C1CCCC1. The van der Waals surface area contributed by atoms with E-state index in [2.05, 4.69) is 31.2 Å². The van der Waals surface area contributed by atoms with E-state index in [-0.39, 0.29) is 0 Å². The summed E-state index contributed by atoms with van der Waals surface area (Å²) in [5.41, 5.74) is 8.81. The topological polar surface area (TPSA) is 103 Å². The highest BCUT2D eigenvalue weighted by Crippen LogP contribution is 2.30. The maximum Gasteiger partial charge on any atom is 0.166 e. The second-order valence-electron chi connectivity index (χ2n) is 7.04. The van der Waals surface area contributed by atoms with E-state index in [9.17, 15) is 0 Å². The zero-order chi connectivity index (χ0) is 18.6. The number of thioether (sulfide) groups is 1. The molecule has 0 radical (unpaired) electrons. The van der Waals surface area contributed by atoms with Crippen LogP contribution in [0.4, 0.5) is 11.5 Å². The van der Waals surface area contributed by atoms with Crippen LogP contribution in [-0.4, -0.2) is 46.4 Å². The van der Waals surface area contributed by atoms with Crippen molar-refractivity contribution in [2.75, 3.05) is 31.1 Å². The molecule has 3 heterocycles. The van der Waals surface area contributed by atoms with E-state index in [1.807, 2.05) is 18.3 Å². The van der Waals surface area contributed by atoms with E-state index >= 15 is 0 Å². The van der Waals surface area contributed by atoms with Crippen LogP contribution in [0.3, 0.4) is 0 Å². The Morgan fingerprint density at radius 3 is 2.78 bits per heavy atom. The number of hydrogen-bond acceptors (Lipinski definition) is 7. The van der Waals surface area contributed by atoms with Gasteiger partial charge in [-0.25, -0.2) is 9.98 Å². The predicted octanol–water partition coefficient (Wildman–Crippen LogP) is 2.89. The van der Waals surface area contributed by atoms with Crippen LogP contribution in [0.1, 0.15) is 25.7 Å². The molecule has 1 saturated carbocycles. The van der Waals surface area contributed by atoms with E-state index < -0.39 is 0 Å². The van der Waals surface area contributed by atoms with E-state index in [0.717, 1.165) is 55.7 Å². The average Bonchev–Trinajstić information content (AvgIpc) is 3.23. The van der Waals surface area contributed by atoms with Crippen molar-refractivity contribution in [1.82, 2.24) is 15.3 Å². The van der Waals surface area contributed by atoms with Crippen molar-refractivity contribution in [3.8, 4) is 0 Å². The van der Waals surface area contributed by atoms with E-state index in [4.69, 9.17) is 11.1 Å². The number of aromatic nitrogens is 2. The quantitative estimate of drug-likeness (QED) is 0.556. The fourth-order valence-electron chi connectivity index (χ4n) is 3.66. The van der Waals surface area contributed by atoms with Crippen molar-refractivity contribution in [1.29, 1.82) is 5.41 Å². The summed E-state index contributed by atoms with van der Waals surface area (Å²) in [6, 6.07) is 5.81. The molecular weight excluding hydrogens is 358 g/mol. The zero-order valence-electron chi connectivity index (χ0n) is 15.3. The van der Waals surface area contributed by atoms with Gasteiger partial charge in [-0.05, 0) is 42.8 Å². The molecule has 2 aromatic heterocycles. The van der Waals surface area contributed by atoms with Crippen LogP contribution in [0.25, 0.3) is 11.0 Å². The third-order valence-electron chi connectivity index (χ3n) is 5.16. The lowest BCUT2D eigenvalue weighted by Crippen LogP contribution is -2.43. The minimum absolute atomic E-state index is 0.346. The largest absolute Gasteiger partial charge is 0.378 e. The van der Waals surface area contributed by atoms with Gasteiger partial charge in [0.25, 0.3) is 0 Å². The van der Waals surface area contributed by atoms with E-state index in [1.54, 1.807) is 0 Å². The van der Waals surface area contributed by atoms with Crippen molar-refractivity contribution in [2.24, 2.45) is 16.6 Å². The number of fused-ring (bicyclic) bond motifs is 1. The number of pyridine rings is 2. The van der Waals surface area contributed by atoms with Crippen LogP contribution in [0.5, 0.6) is 0 Å². The number of amidine groups is 1. The molecule has 1 aliphatic carbocycles. The first kappa shape index (κ1) is 18.2. The number of hydrogen-bond donors (Lipinski definition) is 3. The van der Waals surface area contributed by atoms with Crippen LogP contribution < -0.4 is 16.0 Å². The number of piperazine rings is 1. The van der Waals surface area contributed by atoms with Gasteiger partial charge in [-0.1, -0.05) is 12.8 Å². The molecule has 142 valence electrons. The molecular formula is C19H25N7S. The molecule has 0 bridgehead atoms. The minimum Gasteiger partial charge on any atom is -0.378 e. The van der Waals surface area contributed by atoms with Gasteiger partial charge in [-0.3, -0.25) is 10.4 Å². The van der Waals surface area contributed by atoms with Gasteiger partial charge in [0, 0.05) is 32.1 Å². The Morgan fingerprint density at radius 1 is 1.22 bits per heavy atom. The summed E-state index contributed by atoms with van der Waals surface area (Å²) < 4.78 is 0. The fraction of sp³-hybridized carbons (Fsp3) is 0.474. The Hall–Kier alpha value is -2.19. The lowest BCUT2D eigenvalue weighted by atomic mass is 10.1. The maximum atomic E-state index is 8.22. The summed E-state index contributed by atoms with van der Waals surface area (Å²) in [7, 11) is 0. The van der Waals surface area contributed by atoms with Gasteiger partial charge < -0.3 is 16.0 Å². The molecule has 4 N–H and O–H groups in total. The number of nitrogens with two attached hydrogens (primary N) is 1. The Bertz CT molecular complexity index is 854. The highest BCUT2D eigenvalue weighted by atomic mass is 32.2. The summed E-state index contributed by atoms with van der Waals surface area (Å²) in [5.74, 6) is 0.907. The Labute approximate surface area is 163 Å². The van der Waals surface area contributed by atoms with Gasteiger partial charge in [0.1, 0.15) is 0 Å². The first-order chi connectivity index (χ1) is 13.2. The number of aliphatic imine (C=N–C) groups is 1. The summed E-state index contributed by atoms with van der Waals surface area (Å²) >= 11 is 1.26. The molecule has 0 aromatic carbocycles. The van der Waals surface area contributed by atoms with Crippen molar-refractivity contribution < 1.29 is 0 Å². The highest BCUT2D eigenvalue weighted by Gasteiger charge is 2.21. The second kappa shape index (κ2) is 8.22. The summed E-state index contributed by atoms with van der Waals surface area (Å²) in [6.45, 7) is 3.91. The highest BCUT2D eigenvalue weighted by molar-refractivity contribution is 8.26. The van der Waals surface area contributed by atoms with Crippen LogP contribution in [-0.2, 0) is 0 Å². The van der Waals surface area contributed by atoms with E-state index in [0.29, 0.717) is 21.9 Å². The fourth-order valence-corrected chi connectivity index (χ4v) is 4.43. The molecule has 0 spiro atoms. The van der Waals surface area contributed by atoms with Crippen molar-refractivity contribution in [3.63, 3.8) is 0 Å². The summed E-state index contributed by atoms with van der Waals surface area (Å²) in [5, 5.41) is 12.6. The number of rotatable bonds is 3. The molecule has 1 saturated heterocycles. The molecule has 2 aromatic rings. The van der Waals surface area contributed by atoms with Crippen molar-refractivity contribution in [3.05, 3.63) is 24.4 Å². The smallest absolute Gasteiger partial charge is 0.166 e. The molecule has 0 atom stereocenters. The molecule has 0 amide bonds. The first-order valence-electron chi connectivity index (χ1n) is 9.52. The normalized spacial score (nSPS) is 19.0. The van der Waals surface area contributed by atoms with Crippen LogP contribution in [0, 0.1) is 11.3 Å². The zero-order valence-corrected chi connectivity index (χ0v) is 16.1. The molecule has 27 heavy (non-hydrogen) atoms. The van der Waals surface area contributed by atoms with Gasteiger partial charge in [-0.2, -0.15) is 0 Å². The van der Waals surface area contributed by atoms with Crippen molar-refractivity contribution >= 4 is 44.5 Å². The molecule has 1 aliphatic heterocycles. The Balaban J connectivity index is 1.51. The first-order valence-corrected chi connectivity index (χ1v) is 10.3. The minimum atomic E-state index is 0.346. The lowest BCUT2D eigenvalue weighted by molar-refractivity contribution is 0.589. The molecule has 4 rings (SSSR count). The lowest BCUT2D eigenvalue weighted by Gasteiger charge is -2.29. The average molecular weight is 384 g/mol. The van der Waals surface area contributed by atoms with Crippen molar-refractivity contribution in [2.45, 2.75) is 25.7 Å². The number of nitrogens with one attached hydrogen (secondary N) is 2. The maximum absolute atomic E-state index is 8.22. The number of nitrogens with zero attached hydrogens (tertiary/aromatic N) is 4. The van der Waals surface area contributed by atoms with Crippen LogP contribution in [0.15, 0.2) is 29.4 Å². The standard InChI is InChI=1S/C19H25N7S/c20-18(13-3-1-2-4-13)27-19(21)25-17-6-5-15-16(24-17)11-14(12-23-15)26-9-7-22-8-10-26/h5-6,11-13,20,22H,1-4,7-10H2,(H2,21,24,25). The number of anilines is 1.